The highest BCUT2D eigenvalue weighted by Crippen LogP contribution is 2.23. The third-order valence-corrected chi connectivity index (χ3v) is 3.73. The van der Waals surface area contributed by atoms with Crippen LogP contribution in [0.3, 0.4) is 0 Å². The number of nitrogens with two attached hydrogens (primary N) is 2. The summed E-state index contributed by atoms with van der Waals surface area (Å²) in [6, 6.07) is 6.37. The summed E-state index contributed by atoms with van der Waals surface area (Å²) in [6.45, 7) is 7.52. The second-order valence-corrected chi connectivity index (χ2v) is 5.05. The van der Waals surface area contributed by atoms with Crippen LogP contribution in [0.15, 0.2) is 23.2 Å². The van der Waals surface area contributed by atoms with Crippen molar-refractivity contribution in [2.24, 2.45) is 16.5 Å². The molecule has 108 valence electrons. The minimum absolute atomic E-state index is 0.0630. The van der Waals surface area contributed by atoms with Gasteiger partial charge in [-0.2, -0.15) is 4.99 Å². The maximum atomic E-state index is 7.82. The van der Waals surface area contributed by atoms with Crippen LogP contribution >= 0.6 is 0 Å². The molecule has 0 atom stereocenters. The molecule has 0 bridgehead atoms. The zero-order chi connectivity index (χ0) is 14.7. The minimum atomic E-state index is -0.0630. The molecule has 1 saturated heterocycles. The Balaban J connectivity index is 2.03. The first-order chi connectivity index (χ1) is 9.49. The van der Waals surface area contributed by atoms with Crippen molar-refractivity contribution in [2.45, 2.75) is 13.8 Å². The first kappa shape index (κ1) is 14.2. The van der Waals surface area contributed by atoms with Crippen molar-refractivity contribution in [2.75, 3.05) is 31.1 Å². The van der Waals surface area contributed by atoms with Crippen molar-refractivity contribution in [3.63, 3.8) is 0 Å². The van der Waals surface area contributed by atoms with Gasteiger partial charge >= 0.3 is 0 Å². The van der Waals surface area contributed by atoms with E-state index in [0.29, 0.717) is 0 Å². The Kier molecular flexibility index (Phi) is 4.12. The number of hydrogen-bond acceptors (Lipinski definition) is 2. The van der Waals surface area contributed by atoms with E-state index in [1.807, 2.05) is 4.90 Å². The molecule has 2 rings (SSSR count). The Bertz CT molecular complexity index is 524. The monoisotopic (exact) mass is 274 g/mol. The number of nitrogens with zero attached hydrogens (tertiary/aromatic N) is 3. The second kappa shape index (κ2) is 5.81. The smallest absolute Gasteiger partial charge is 0.221 e. The molecule has 1 aromatic rings. The van der Waals surface area contributed by atoms with E-state index in [4.69, 9.17) is 16.9 Å². The lowest BCUT2D eigenvalue weighted by Gasteiger charge is -2.37. The van der Waals surface area contributed by atoms with Gasteiger partial charge in [-0.25, -0.2) is 0 Å². The Morgan fingerprint density at radius 1 is 1.15 bits per heavy atom. The number of piperazine rings is 1. The van der Waals surface area contributed by atoms with Crippen molar-refractivity contribution in [3.05, 3.63) is 29.3 Å². The van der Waals surface area contributed by atoms with Crippen LogP contribution < -0.4 is 16.4 Å². The lowest BCUT2D eigenvalue weighted by Crippen LogP contribution is -2.49. The molecule has 1 aromatic carbocycles. The number of benzene rings is 1. The number of aliphatic imine (C=N–C) groups is 1. The summed E-state index contributed by atoms with van der Waals surface area (Å²) in [4.78, 5) is 8.03. The fourth-order valence-electron chi connectivity index (χ4n) is 2.43. The van der Waals surface area contributed by atoms with Gasteiger partial charge in [0.15, 0.2) is 5.96 Å². The molecule has 0 radical (unpaired) electrons. The highest BCUT2D eigenvalue weighted by atomic mass is 15.3. The van der Waals surface area contributed by atoms with Crippen molar-refractivity contribution >= 4 is 17.6 Å². The van der Waals surface area contributed by atoms with Crippen LogP contribution in [0.5, 0.6) is 0 Å². The topological polar surface area (TPSA) is 94.7 Å². The van der Waals surface area contributed by atoms with E-state index in [1.165, 1.54) is 16.8 Å². The molecular weight excluding hydrogens is 252 g/mol. The molecule has 0 aromatic heterocycles. The van der Waals surface area contributed by atoms with Gasteiger partial charge in [0.25, 0.3) is 0 Å². The largest absolute Gasteiger partial charge is 0.370 e. The van der Waals surface area contributed by atoms with E-state index in [2.05, 4.69) is 41.9 Å². The summed E-state index contributed by atoms with van der Waals surface area (Å²) in [5.74, 6) is 0.0811. The van der Waals surface area contributed by atoms with Crippen LogP contribution in [-0.4, -0.2) is 43.0 Å². The fraction of sp³-hybridized carbons (Fsp3) is 0.429. The SMILES string of the molecule is Cc1cccc(N2CCN(C(=N)N=C(N)N)CC2)c1C. The zero-order valence-electron chi connectivity index (χ0n) is 12.1. The number of aryl methyl sites for hydroxylation is 1. The lowest BCUT2D eigenvalue weighted by molar-refractivity contribution is 0.380. The van der Waals surface area contributed by atoms with Gasteiger partial charge in [0.1, 0.15) is 0 Å². The van der Waals surface area contributed by atoms with Gasteiger partial charge in [-0.15, -0.1) is 0 Å². The van der Waals surface area contributed by atoms with Crippen molar-refractivity contribution in [1.82, 2.24) is 4.90 Å². The van der Waals surface area contributed by atoms with Crippen molar-refractivity contribution < 1.29 is 0 Å². The van der Waals surface area contributed by atoms with Crippen LogP contribution in [0, 0.1) is 19.3 Å². The molecule has 0 spiro atoms. The number of guanidine groups is 2. The lowest BCUT2D eigenvalue weighted by atomic mass is 10.1. The first-order valence-electron chi connectivity index (χ1n) is 6.73. The van der Waals surface area contributed by atoms with E-state index < -0.39 is 0 Å². The van der Waals surface area contributed by atoms with Crippen LogP contribution in [0.2, 0.25) is 0 Å². The third kappa shape index (κ3) is 3.01. The van der Waals surface area contributed by atoms with Gasteiger partial charge in [-0.3, -0.25) is 5.41 Å². The van der Waals surface area contributed by atoms with Crippen molar-refractivity contribution in [1.29, 1.82) is 5.41 Å². The normalized spacial score (nSPS) is 15.1. The molecular formula is C14H22N6. The first-order valence-corrected chi connectivity index (χ1v) is 6.73. The quantitative estimate of drug-likeness (QED) is 0.517. The molecule has 20 heavy (non-hydrogen) atoms. The predicted molar refractivity (Wildman–Crippen MR) is 83.2 cm³/mol. The summed E-state index contributed by atoms with van der Waals surface area (Å²) in [5.41, 5.74) is 14.5. The van der Waals surface area contributed by atoms with Gasteiger partial charge in [-0.05, 0) is 31.0 Å². The number of nitrogens with one attached hydrogen (secondary N) is 1. The fourth-order valence-corrected chi connectivity index (χ4v) is 2.43. The molecule has 1 fully saturated rings. The van der Waals surface area contributed by atoms with E-state index in [-0.39, 0.29) is 11.9 Å². The van der Waals surface area contributed by atoms with Crippen LogP contribution in [0.1, 0.15) is 11.1 Å². The highest BCUT2D eigenvalue weighted by molar-refractivity contribution is 5.91. The number of rotatable bonds is 1. The standard InChI is InChI=1S/C14H22N6/c1-10-4-3-5-12(11(10)2)19-6-8-20(9-7-19)14(17)18-13(15)16/h3-5H,6-9H2,1-2H3,(H5,15,16,17,18). The Hall–Kier alpha value is -2.24. The van der Waals surface area contributed by atoms with Crippen molar-refractivity contribution in [3.8, 4) is 0 Å². The summed E-state index contributed by atoms with van der Waals surface area (Å²) >= 11 is 0. The molecule has 1 aliphatic rings. The maximum Gasteiger partial charge on any atom is 0.221 e. The molecule has 5 N–H and O–H groups in total. The molecule has 1 aliphatic heterocycles. The van der Waals surface area contributed by atoms with Gasteiger partial charge < -0.3 is 21.3 Å². The van der Waals surface area contributed by atoms with E-state index in [0.717, 1.165) is 26.2 Å². The van der Waals surface area contributed by atoms with Gasteiger partial charge in [0.05, 0.1) is 0 Å². The molecule has 0 aliphatic carbocycles. The molecule has 6 nitrogen and oxygen atoms in total. The zero-order valence-corrected chi connectivity index (χ0v) is 12.1. The number of hydrogen-bond donors (Lipinski definition) is 3. The van der Waals surface area contributed by atoms with Gasteiger partial charge in [0.2, 0.25) is 5.96 Å². The average Bonchev–Trinajstić information content (AvgIpc) is 2.41. The predicted octanol–water partition coefficient (Wildman–Crippen LogP) is 0.634. The molecule has 0 unspecified atom stereocenters. The summed E-state index contributed by atoms with van der Waals surface area (Å²) < 4.78 is 0. The van der Waals surface area contributed by atoms with E-state index in [9.17, 15) is 0 Å². The maximum absolute atomic E-state index is 7.82. The summed E-state index contributed by atoms with van der Waals surface area (Å²) in [5, 5.41) is 7.82. The Morgan fingerprint density at radius 3 is 2.40 bits per heavy atom. The van der Waals surface area contributed by atoms with Crippen LogP contribution in [0.4, 0.5) is 5.69 Å². The second-order valence-electron chi connectivity index (χ2n) is 5.05. The van der Waals surface area contributed by atoms with Gasteiger partial charge in [0, 0.05) is 31.9 Å². The molecule has 0 saturated carbocycles. The Labute approximate surface area is 119 Å². The minimum Gasteiger partial charge on any atom is -0.370 e. The summed E-state index contributed by atoms with van der Waals surface area (Å²) in [7, 11) is 0. The van der Waals surface area contributed by atoms with E-state index >= 15 is 0 Å². The summed E-state index contributed by atoms with van der Waals surface area (Å²) in [6.07, 6.45) is 0. The highest BCUT2D eigenvalue weighted by Gasteiger charge is 2.20. The molecule has 1 heterocycles. The molecule has 0 amide bonds. The van der Waals surface area contributed by atoms with Gasteiger partial charge in [-0.1, -0.05) is 12.1 Å². The molecule has 6 heteroatoms. The van der Waals surface area contributed by atoms with E-state index in [1.54, 1.807) is 0 Å². The Morgan fingerprint density at radius 2 is 1.80 bits per heavy atom. The number of anilines is 1. The van der Waals surface area contributed by atoms with Crippen LogP contribution in [0.25, 0.3) is 0 Å². The average molecular weight is 274 g/mol. The van der Waals surface area contributed by atoms with Crippen LogP contribution in [-0.2, 0) is 0 Å². The third-order valence-electron chi connectivity index (χ3n) is 3.73.